The van der Waals surface area contributed by atoms with Crippen molar-refractivity contribution in [1.29, 1.82) is 5.26 Å². The molecule has 6 heteroatoms. The van der Waals surface area contributed by atoms with Crippen LogP contribution < -0.4 is 0 Å². The highest BCUT2D eigenvalue weighted by atomic mass is 16.6. The van der Waals surface area contributed by atoms with Crippen molar-refractivity contribution in [1.82, 2.24) is 0 Å². The Morgan fingerprint density at radius 3 is 2.25 bits per heavy atom. The van der Waals surface area contributed by atoms with Gasteiger partial charge in [0.15, 0.2) is 0 Å². The van der Waals surface area contributed by atoms with Gasteiger partial charge in [0.1, 0.15) is 6.10 Å². The first-order valence-electron chi connectivity index (χ1n) is 7.27. The van der Waals surface area contributed by atoms with E-state index in [0.29, 0.717) is 5.56 Å². The third-order valence-electron chi connectivity index (χ3n) is 3.58. The Hall–Kier alpha value is -3.20. The molecule has 0 spiro atoms. The summed E-state index contributed by atoms with van der Waals surface area (Å²) < 4.78 is 5.55. The molecule has 0 unspecified atom stereocenters. The fourth-order valence-corrected chi connectivity index (χ4v) is 2.21. The molecule has 0 aliphatic rings. The minimum absolute atomic E-state index is 0.108. The molecule has 24 heavy (non-hydrogen) atoms. The Morgan fingerprint density at radius 1 is 1.17 bits per heavy atom. The second kappa shape index (κ2) is 6.92. The zero-order chi connectivity index (χ0) is 17.7. The van der Waals surface area contributed by atoms with Crippen LogP contribution >= 0.6 is 0 Å². The molecular formula is C18H16N2O4. The average Bonchev–Trinajstić information content (AvgIpc) is 2.60. The molecule has 0 N–H and O–H groups in total. The van der Waals surface area contributed by atoms with Crippen LogP contribution in [0.2, 0.25) is 0 Å². The van der Waals surface area contributed by atoms with Crippen molar-refractivity contribution in [3.8, 4) is 6.07 Å². The van der Waals surface area contributed by atoms with E-state index in [-0.39, 0.29) is 11.3 Å². The van der Waals surface area contributed by atoms with Gasteiger partial charge in [0.05, 0.1) is 22.0 Å². The lowest BCUT2D eigenvalue weighted by Gasteiger charge is -2.28. The molecule has 122 valence electrons. The van der Waals surface area contributed by atoms with Crippen molar-refractivity contribution in [3.05, 3.63) is 75.8 Å². The summed E-state index contributed by atoms with van der Waals surface area (Å²) in [5.74, 6) is -0.637. The molecule has 0 aliphatic heterocycles. The highest BCUT2D eigenvalue weighted by Gasteiger charge is 2.34. The van der Waals surface area contributed by atoms with Crippen molar-refractivity contribution in [2.75, 3.05) is 0 Å². The molecule has 0 amide bonds. The number of esters is 1. The van der Waals surface area contributed by atoms with Crippen molar-refractivity contribution in [2.45, 2.75) is 20.0 Å². The molecular weight excluding hydrogens is 308 g/mol. The number of carbonyl (C=O) groups excluding carboxylic acids is 1. The van der Waals surface area contributed by atoms with Gasteiger partial charge in [0.25, 0.3) is 5.69 Å². The molecule has 0 bridgehead atoms. The number of nitriles is 1. The second-order valence-electron chi connectivity index (χ2n) is 5.83. The van der Waals surface area contributed by atoms with Gasteiger partial charge >= 0.3 is 5.97 Å². The number of carbonyl (C=O) groups is 1. The maximum Gasteiger partial charge on any atom is 0.338 e. The standard InChI is InChI=1S/C18H16N2O4/c1-18(2,12-19)16(13-6-4-3-5-7-13)24-17(21)14-8-10-15(11-9-14)20(22)23/h3-11,16H,1-2H3/t16-/m0/s1. The third-order valence-corrected chi connectivity index (χ3v) is 3.58. The molecule has 0 saturated carbocycles. The van der Waals surface area contributed by atoms with E-state index in [1.807, 2.05) is 6.07 Å². The average molecular weight is 324 g/mol. The molecule has 0 aliphatic carbocycles. The lowest BCUT2D eigenvalue weighted by Crippen LogP contribution is -2.25. The monoisotopic (exact) mass is 324 g/mol. The summed E-state index contributed by atoms with van der Waals surface area (Å²) in [5.41, 5.74) is -0.143. The van der Waals surface area contributed by atoms with Gasteiger partial charge in [0.2, 0.25) is 0 Å². The smallest absolute Gasteiger partial charge is 0.338 e. The van der Waals surface area contributed by atoms with Crippen LogP contribution in [-0.2, 0) is 4.74 Å². The zero-order valence-electron chi connectivity index (χ0n) is 13.3. The largest absolute Gasteiger partial charge is 0.452 e. The van der Waals surface area contributed by atoms with Gasteiger partial charge in [0, 0.05) is 12.1 Å². The summed E-state index contributed by atoms with van der Waals surface area (Å²) in [5, 5.41) is 20.1. The number of rotatable bonds is 5. The predicted octanol–water partition coefficient (Wildman–Crippen LogP) is 4.04. The maximum absolute atomic E-state index is 12.4. The normalized spacial score (nSPS) is 12.0. The zero-order valence-corrected chi connectivity index (χ0v) is 13.3. The van der Waals surface area contributed by atoms with Crippen molar-refractivity contribution in [3.63, 3.8) is 0 Å². The van der Waals surface area contributed by atoms with Gasteiger partial charge in [-0.15, -0.1) is 0 Å². The lowest BCUT2D eigenvalue weighted by atomic mass is 9.84. The van der Waals surface area contributed by atoms with E-state index in [4.69, 9.17) is 4.74 Å². The number of ether oxygens (including phenoxy) is 1. The molecule has 6 nitrogen and oxygen atoms in total. The SMILES string of the molecule is CC(C)(C#N)[C@@H](OC(=O)c1ccc([N+](=O)[O-])cc1)c1ccccc1. The molecule has 0 heterocycles. The summed E-state index contributed by atoms with van der Waals surface area (Å²) in [6.07, 6.45) is -0.758. The number of hydrogen-bond acceptors (Lipinski definition) is 5. The topological polar surface area (TPSA) is 93.2 Å². The van der Waals surface area contributed by atoms with Crippen LogP contribution in [0.3, 0.4) is 0 Å². The first-order chi connectivity index (χ1) is 11.3. The molecule has 0 radical (unpaired) electrons. The minimum Gasteiger partial charge on any atom is -0.452 e. The molecule has 2 rings (SSSR count). The molecule has 0 fully saturated rings. The second-order valence-corrected chi connectivity index (χ2v) is 5.83. The van der Waals surface area contributed by atoms with Crippen LogP contribution in [0.4, 0.5) is 5.69 Å². The molecule has 0 aromatic heterocycles. The van der Waals surface area contributed by atoms with E-state index >= 15 is 0 Å². The Labute approximate surface area is 139 Å². The summed E-state index contributed by atoms with van der Waals surface area (Å²) in [4.78, 5) is 22.5. The lowest BCUT2D eigenvalue weighted by molar-refractivity contribution is -0.384. The first-order valence-corrected chi connectivity index (χ1v) is 7.27. The molecule has 2 aromatic carbocycles. The molecule has 0 saturated heterocycles. The Balaban J connectivity index is 2.28. The predicted molar refractivity (Wildman–Crippen MR) is 87.1 cm³/mol. The van der Waals surface area contributed by atoms with E-state index in [9.17, 15) is 20.2 Å². The van der Waals surface area contributed by atoms with Crippen molar-refractivity contribution >= 4 is 11.7 Å². The number of hydrogen-bond donors (Lipinski definition) is 0. The Morgan fingerprint density at radius 2 is 1.75 bits per heavy atom. The summed E-state index contributed by atoms with van der Waals surface area (Å²) in [6.45, 7) is 3.38. The van der Waals surface area contributed by atoms with Crippen LogP contribution in [0, 0.1) is 26.9 Å². The highest BCUT2D eigenvalue weighted by molar-refractivity contribution is 5.89. The summed E-state index contributed by atoms with van der Waals surface area (Å²) in [6, 6.07) is 16.3. The van der Waals surface area contributed by atoms with Gasteiger partial charge < -0.3 is 4.74 Å². The summed E-state index contributed by atoms with van der Waals surface area (Å²) >= 11 is 0. The van der Waals surface area contributed by atoms with Gasteiger partial charge in [-0.3, -0.25) is 10.1 Å². The van der Waals surface area contributed by atoms with Gasteiger partial charge in [-0.2, -0.15) is 5.26 Å². The minimum atomic E-state index is -0.933. The third kappa shape index (κ3) is 3.76. The van der Waals surface area contributed by atoms with E-state index in [1.165, 1.54) is 24.3 Å². The van der Waals surface area contributed by atoms with Crippen LogP contribution in [0.5, 0.6) is 0 Å². The number of nitro benzene ring substituents is 1. The van der Waals surface area contributed by atoms with Crippen LogP contribution in [0.15, 0.2) is 54.6 Å². The van der Waals surface area contributed by atoms with Crippen LogP contribution in [0.25, 0.3) is 0 Å². The number of benzene rings is 2. The molecule has 1 atom stereocenters. The van der Waals surface area contributed by atoms with Gasteiger partial charge in [-0.25, -0.2) is 4.79 Å². The van der Waals surface area contributed by atoms with Crippen molar-refractivity contribution < 1.29 is 14.5 Å². The first kappa shape index (κ1) is 17.2. The maximum atomic E-state index is 12.4. The number of nitro groups is 1. The van der Waals surface area contributed by atoms with E-state index in [2.05, 4.69) is 6.07 Å². The van der Waals surface area contributed by atoms with Gasteiger partial charge in [-0.1, -0.05) is 30.3 Å². The van der Waals surface area contributed by atoms with Crippen LogP contribution in [0.1, 0.15) is 35.9 Å². The number of non-ortho nitro benzene ring substituents is 1. The van der Waals surface area contributed by atoms with Crippen molar-refractivity contribution in [2.24, 2.45) is 5.41 Å². The Bertz CT molecular complexity index is 777. The fraction of sp³-hybridized carbons (Fsp3) is 0.222. The molecule has 2 aromatic rings. The van der Waals surface area contributed by atoms with E-state index in [0.717, 1.165) is 0 Å². The quantitative estimate of drug-likeness (QED) is 0.470. The fourth-order valence-electron chi connectivity index (χ4n) is 2.21. The van der Waals surface area contributed by atoms with E-state index < -0.39 is 22.4 Å². The van der Waals surface area contributed by atoms with E-state index in [1.54, 1.807) is 38.1 Å². The number of nitrogens with zero attached hydrogens (tertiary/aromatic N) is 2. The Kier molecular flexibility index (Phi) is 4.95. The van der Waals surface area contributed by atoms with Crippen LogP contribution in [-0.4, -0.2) is 10.9 Å². The summed E-state index contributed by atoms with van der Waals surface area (Å²) in [7, 11) is 0. The highest BCUT2D eigenvalue weighted by Crippen LogP contribution is 2.36. The van der Waals surface area contributed by atoms with Gasteiger partial charge in [-0.05, 0) is 31.5 Å².